The Labute approximate surface area is 148 Å². The summed E-state index contributed by atoms with van der Waals surface area (Å²) in [7, 11) is 0. The number of amides is 2. The summed E-state index contributed by atoms with van der Waals surface area (Å²) in [5.74, 6) is -0.333. The third-order valence-electron chi connectivity index (χ3n) is 4.93. The van der Waals surface area contributed by atoms with Gasteiger partial charge in [0.1, 0.15) is 0 Å². The molecular formula is C21H24N2O2. The van der Waals surface area contributed by atoms with Crippen LogP contribution in [-0.2, 0) is 16.0 Å². The minimum atomic E-state index is -0.302. The Kier molecular flexibility index (Phi) is 5.17. The second kappa shape index (κ2) is 7.51. The fourth-order valence-electron chi connectivity index (χ4n) is 3.38. The van der Waals surface area contributed by atoms with E-state index in [1.165, 1.54) is 0 Å². The van der Waals surface area contributed by atoms with Gasteiger partial charge in [-0.2, -0.15) is 0 Å². The predicted molar refractivity (Wildman–Crippen MR) is 99.1 cm³/mol. The number of likely N-dealkylation sites (tertiary alicyclic amines) is 1. The Morgan fingerprint density at radius 1 is 1.16 bits per heavy atom. The molecule has 0 aromatic heterocycles. The van der Waals surface area contributed by atoms with E-state index in [1.807, 2.05) is 66.4 Å². The first-order chi connectivity index (χ1) is 12.1. The zero-order valence-corrected chi connectivity index (χ0v) is 14.7. The molecule has 25 heavy (non-hydrogen) atoms. The fourth-order valence-corrected chi connectivity index (χ4v) is 3.38. The van der Waals surface area contributed by atoms with Gasteiger partial charge in [0.05, 0.1) is 12.0 Å². The first-order valence-electron chi connectivity index (χ1n) is 8.83. The van der Waals surface area contributed by atoms with E-state index >= 15 is 0 Å². The van der Waals surface area contributed by atoms with Crippen molar-refractivity contribution in [1.29, 1.82) is 0 Å². The molecule has 1 aliphatic heterocycles. The van der Waals surface area contributed by atoms with Crippen LogP contribution in [0.1, 0.15) is 37.4 Å². The lowest BCUT2D eigenvalue weighted by atomic mass is 10.1. The SMILES string of the molecule is CCc1ccccc1NC(=O)[C@@H]1CC(=O)N([C@@H](C)c2ccccc2)C1. The van der Waals surface area contributed by atoms with Gasteiger partial charge in [-0.15, -0.1) is 0 Å². The molecule has 0 radical (unpaired) electrons. The minimum absolute atomic E-state index is 0.0190. The summed E-state index contributed by atoms with van der Waals surface area (Å²) in [4.78, 5) is 26.9. The first-order valence-corrected chi connectivity index (χ1v) is 8.83. The molecule has 0 unspecified atom stereocenters. The molecule has 1 aliphatic rings. The Morgan fingerprint density at radius 3 is 2.56 bits per heavy atom. The van der Waals surface area contributed by atoms with Crippen molar-refractivity contribution < 1.29 is 9.59 Å². The first kappa shape index (κ1) is 17.2. The number of hydrogen-bond donors (Lipinski definition) is 1. The maximum Gasteiger partial charge on any atom is 0.229 e. The Balaban J connectivity index is 1.68. The van der Waals surface area contributed by atoms with Crippen molar-refractivity contribution in [3.8, 4) is 0 Å². The van der Waals surface area contributed by atoms with Crippen LogP contribution in [0.3, 0.4) is 0 Å². The molecule has 0 saturated carbocycles. The molecule has 0 spiro atoms. The number of benzene rings is 2. The smallest absolute Gasteiger partial charge is 0.229 e. The highest BCUT2D eigenvalue weighted by Gasteiger charge is 2.37. The van der Waals surface area contributed by atoms with Crippen LogP contribution in [0.4, 0.5) is 5.69 Å². The van der Waals surface area contributed by atoms with Crippen molar-refractivity contribution in [2.24, 2.45) is 5.92 Å². The highest BCUT2D eigenvalue weighted by molar-refractivity contribution is 5.97. The van der Waals surface area contributed by atoms with Gasteiger partial charge < -0.3 is 10.2 Å². The van der Waals surface area contributed by atoms with Gasteiger partial charge in [-0.25, -0.2) is 0 Å². The van der Waals surface area contributed by atoms with E-state index in [9.17, 15) is 9.59 Å². The Hall–Kier alpha value is -2.62. The topological polar surface area (TPSA) is 49.4 Å². The number of anilines is 1. The number of nitrogens with one attached hydrogen (secondary N) is 1. The molecule has 2 amide bonds. The highest BCUT2D eigenvalue weighted by atomic mass is 16.2. The Bertz CT molecular complexity index is 758. The number of nitrogens with zero attached hydrogens (tertiary/aromatic N) is 1. The minimum Gasteiger partial charge on any atom is -0.335 e. The van der Waals surface area contributed by atoms with Crippen LogP contribution in [0.15, 0.2) is 54.6 Å². The van der Waals surface area contributed by atoms with Gasteiger partial charge >= 0.3 is 0 Å². The summed E-state index contributed by atoms with van der Waals surface area (Å²) in [6.07, 6.45) is 1.13. The molecule has 130 valence electrons. The van der Waals surface area contributed by atoms with Crippen LogP contribution in [0, 0.1) is 5.92 Å². The molecule has 2 aromatic rings. The van der Waals surface area contributed by atoms with Crippen LogP contribution in [0.25, 0.3) is 0 Å². The number of para-hydroxylation sites is 1. The van der Waals surface area contributed by atoms with E-state index in [0.717, 1.165) is 23.2 Å². The van der Waals surface area contributed by atoms with Crippen molar-refractivity contribution in [1.82, 2.24) is 4.90 Å². The fraction of sp³-hybridized carbons (Fsp3) is 0.333. The number of carbonyl (C=O) groups is 2. The van der Waals surface area contributed by atoms with Crippen molar-refractivity contribution in [3.63, 3.8) is 0 Å². The summed E-state index contributed by atoms with van der Waals surface area (Å²) in [6, 6.07) is 17.7. The van der Waals surface area contributed by atoms with E-state index in [2.05, 4.69) is 12.2 Å². The average molecular weight is 336 g/mol. The zero-order chi connectivity index (χ0) is 17.8. The second-order valence-corrected chi connectivity index (χ2v) is 6.53. The standard InChI is InChI=1S/C21H24N2O2/c1-3-16-9-7-8-12-19(16)22-21(25)18-13-20(24)23(14-18)15(2)17-10-5-4-6-11-17/h4-12,15,18H,3,13-14H2,1-2H3,(H,22,25)/t15-,18+/m0/s1. The van der Waals surface area contributed by atoms with Gasteiger partial charge in [-0.05, 0) is 30.5 Å². The molecular weight excluding hydrogens is 312 g/mol. The normalized spacial score (nSPS) is 18.2. The molecule has 0 aliphatic carbocycles. The zero-order valence-electron chi connectivity index (χ0n) is 14.7. The summed E-state index contributed by atoms with van der Waals surface area (Å²) in [5.41, 5.74) is 3.04. The van der Waals surface area contributed by atoms with Crippen molar-refractivity contribution in [2.75, 3.05) is 11.9 Å². The largest absolute Gasteiger partial charge is 0.335 e. The van der Waals surface area contributed by atoms with Crippen molar-refractivity contribution >= 4 is 17.5 Å². The van der Waals surface area contributed by atoms with Crippen LogP contribution in [-0.4, -0.2) is 23.3 Å². The third kappa shape index (κ3) is 3.73. The van der Waals surface area contributed by atoms with E-state index in [1.54, 1.807) is 0 Å². The molecule has 3 rings (SSSR count). The van der Waals surface area contributed by atoms with E-state index in [4.69, 9.17) is 0 Å². The highest BCUT2D eigenvalue weighted by Crippen LogP contribution is 2.29. The van der Waals surface area contributed by atoms with Crippen molar-refractivity contribution in [3.05, 3.63) is 65.7 Å². The summed E-state index contributed by atoms with van der Waals surface area (Å²) in [6.45, 7) is 4.54. The van der Waals surface area contributed by atoms with E-state index in [-0.39, 0.29) is 30.2 Å². The Morgan fingerprint density at radius 2 is 1.84 bits per heavy atom. The molecule has 0 bridgehead atoms. The van der Waals surface area contributed by atoms with Gasteiger partial charge in [0.25, 0.3) is 0 Å². The molecule has 1 N–H and O–H groups in total. The molecule has 1 fully saturated rings. The lowest BCUT2D eigenvalue weighted by molar-refractivity contribution is -0.129. The number of hydrogen-bond acceptors (Lipinski definition) is 2. The summed E-state index contributed by atoms with van der Waals surface area (Å²) in [5, 5.41) is 3.01. The predicted octanol–water partition coefficient (Wildman–Crippen LogP) is 3.80. The number of aryl methyl sites for hydroxylation is 1. The summed E-state index contributed by atoms with van der Waals surface area (Å²) < 4.78 is 0. The van der Waals surface area contributed by atoms with Gasteiger partial charge in [0.15, 0.2) is 0 Å². The quantitative estimate of drug-likeness (QED) is 0.903. The summed E-state index contributed by atoms with van der Waals surface area (Å²) >= 11 is 0. The van der Waals surface area contributed by atoms with Gasteiger partial charge in [-0.3, -0.25) is 9.59 Å². The van der Waals surface area contributed by atoms with Crippen LogP contribution >= 0.6 is 0 Å². The lowest BCUT2D eigenvalue weighted by Gasteiger charge is -2.25. The molecule has 4 nitrogen and oxygen atoms in total. The third-order valence-corrected chi connectivity index (χ3v) is 4.93. The molecule has 1 saturated heterocycles. The average Bonchev–Trinajstić information content (AvgIpc) is 3.04. The maximum absolute atomic E-state index is 12.6. The maximum atomic E-state index is 12.6. The van der Waals surface area contributed by atoms with Gasteiger partial charge in [-0.1, -0.05) is 55.5 Å². The van der Waals surface area contributed by atoms with Crippen molar-refractivity contribution in [2.45, 2.75) is 32.7 Å². The van der Waals surface area contributed by atoms with E-state index < -0.39 is 0 Å². The number of rotatable bonds is 5. The molecule has 2 atom stereocenters. The molecule has 1 heterocycles. The monoisotopic (exact) mass is 336 g/mol. The van der Waals surface area contributed by atoms with Crippen LogP contribution in [0.5, 0.6) is 0 Å². The van der Waals surface area contributed by atoms with Gasteiger partial charge in [0.2, 0.25) is 11.8 Å². The lowest BCUT2D eigenvalue weighted by Crippen LogP contribution is -2.30. The molecule has 2 aromatic carbocycles. The second-order valence-electron chi connectivity index (χ2n) is 6.53. The van der Waals surface area contributed by atoms with Crippen LogP contribution < -0.4 is 5.32 Å². The molecule has 4 heteroatoms. The van der Waals surface area contributed by atoms with Crippen LogP contribution in [0.2, 0.25) is 0 Å². The van der Waals surface area contributed by atoms with E-state index in [0.29, 0.717) is 6.54 Å². The van der Waals surface area contributed by atoms with Gasteiger partial charge in [0, 0.05) is 18.7 Å². The number of carbonyl (C=O) groups excluding carboxylic acids is 2.